The summed E-state index contributed by atoms with van der Waals surface area (Å²) in [6, 6.07) is 1.23. The normalized spacial score (nSPS) is 12.3. The van der Waals surface area contributed by atoms with Crippen molar-refractivity contribution in [2.24, 2.45) is 0 Å². The van der Waals surface area contributed by atoms with Crippen LogP contribution in [-0.2, 0) is 9.53 Å². The van der Waals surface area contributed by atoms with Gasteiger partial charge >= 0.3 is 6.09 Å². The van der Waals surface area contributed by atoms with Gasteiger partial charge in [0.15, 0.2) is 11.6 Å². The molecular formula is C16H23F2N3O3. The van der Waals surface area contributed by atoms with E-state index < -0.39 is 35.3 Å². The molecule has 0 radical (unpaired) electrons. The van der Waals surface area contributed by atoms with Gasteiger partial charge in [0, 0.05) is 6.54 Å². The van der Waals surface area contributed by atoms with Crippen molar-refractivity contribution >= 4 is 23.4 Å². The lowest BCUT2D eigenvalue weighted by Crippen LogP contribution is -2.44. The molecule has 0 saturated heterocycles. The van der Waals surface area contributed by atoms with Crippen LogP contribution in [0.3, 0.4) is 0 Å². The van der Waals surface area contributed by atoms with Crippen molar-refractivity contribution in [1.82, 2.24) is 5.32 Å². The highest BCUT2D eigenvalue weighted by molar-refractivity contribution is 5.98. The molecule has 0 spiro atoms. The van der Waals surface area contributed by atoms with Crippen LogP contribution in [0.15, 0.2) is 12.1 Å². The molecule has 1 rings (SSSR count). The van der Waals surface area contributed by atoms with Gasteiger partial charge in [0.1, 0.15) is 11.6 Å². The van der Waals surface area contributed by atoms with Crippen molar-refractivity contribution in [3.8, 4) is 0 Å². The van der Waals surface area contributed by atoms with Gasteiger partial charge in [-0.05, 0) is 46.8 Å². The molecule has 0 saturated carbocycles. The summed E-state index contributed by atoms with van der Waals surface area (Å²) in [5.41, 5.74) is -0.757. The molecule has 1 unspecified atom stereocenters. The maximum Gasteiger partial charge on any atom is 0.408 e. The molecule has 134 valence electrons. The number of rotatable bonds is 5. The molecule has 6 nitrogen and oxygen atoms in total. The van der Waals surface area contributed by atoms with Crippen LogP contribution in [0, 0.1) is 11.6 Å². The molecule has 0 bridgehead atoms. The number of carbonyl (C=O) groups is 2. The quantitative estimate of drug-likeness (QED) is 0.767. The van der Waals surface area contributed by atoms with Crippen molar-refractivity contribution in [2.45, 2.75) is 46.3 Å². The Morgan fingerprint density at radius 1 is 1.25 bits per heavy atom. The third kappa shape index (κ3) is 5.68. The van der Waals surface area contributed by atoms with E-state index in [4.69, 9.17) is 4.74 Å². The second-order valence-corrected chi connectivity index (χ2v) is 6.17. The van der Waals surface area contributed by atoms with Crippen LogP contribution >= 0.6 is 0 Å². The third-order valence-corrected chi connectivity index (χ3v) is 2.83. The number of hydrogen-bond acceptors (Lipinski definition) is 4. The topological polar surface area (TPSA) is 79.5 Å². The first-order chi connectivity index (χ1) is 11.0. The molecule has 3 N–H and O–H groups in total. The monoisotopic (exact) mass is 343 g/mol. The predicted molar refractivity (Wildman–Crippen MR) is 88.0 cm³/mol. The minimum Gasteiger partial charge on any atom is -0.444 e. The zero-order valence-corrected chi connectivity index (χ0v) is 14.4. The summed E-state index contributed by atoms with van der Waals surface area (Å²) in [5.74, 6) is -2.70. The van der Waals surface area contributed by atoms with E-state index in [1.807, 2.05) is 0 Å². The van der Waals surface area contributed by atoms with E-state index in [2.05, 4.69) is 16.0 Å². The van der Waals surface area contributed by atoms with Crippen LogP contribution in [0.5, 0.6) is 0 Å². The summed E-state index contributed by atoms with van der Waals surface area (Å²) in [6.07, 6.45) is -0.748. The first kappa shape index (κ1) is 19.7. The molecule has 0 heterocycles. The fraction of sp³-hybridized carbons (Fsp3) is 0.500. The molecular weight excluding hydrogens is 320 g/mol. The van der Waals surface area contributed by atoms with Crippen molar-refractivity contribution in [2.75, 3.05) is 17.2 Å². The molecule has 1 aromatic rings. The minimum absolute atomic E-state index is 0.0820. The number of carbonyl (C=O) groups excluding carboxylic acids is 2. The van der Waals surface area contributed by atoms with Gasteiger partial charge in [-0.2, -0.15) is 0 Å². The van der Waals surface area contributed by atoms with Gasteiger partial charge in [0.25, 0.3) is 0 Å². The number of ether oxygens (including phenoxy) is 1. The van der Waals surface area contributed by atoms with Crippen LogP contribution in [0.2, 0.25) is 0 Å². The SMILES string of the molecule is CCNc1c(NC(=O)C(C)NC(=O)OC(C)(C)C)ccc(F)c1F. The molecule has 2 amide bonds. The standard InChI is InChI=1S/C16H23F2N3O3/c1-6-19-13-11(8-7-10(17)12(13)18)21-14(22)9(2)20-15(23)24-16(3,4)5/h7-9,19H,6H2,1-5H3,(H,20,23)(H,21,22). The van der Waals surface area contributed by atoms with E-state index in [1.165, 1.54) is 13.0 Å². The fourth-order valence-electron chi connectivity index (χ4n) is 1.80. The first-order valence-electron chi connectivity index (χ1n) is 7.57. The molecule has 0 aliphatic heterocycles. The van der Waals surface area contributed by atoms with Gasteiger partial charge in [0.05, 0.1) is 11.4 Å². The van der Waals surface area contributed by atoms with Gasteiger partial charge in [-0.25, -0.2) is 13.6 Å². The zero-order chi connectivity index (χ0) is 18.5. The molecule has 1 aromatic carbocycles. The highest BCUT2D eigenvalue weighted by atomic mass is 19.2. The number of amides is 2. The number of halogens is 2. The summed E-state index contributed by atoms with van der Waals surface area (Å²) in [4.78, 5) is 23.8. The number of nitrogens with one attached hydrogen (secondary N) is 3. The second kappa shape index (κ2) is 7.94. The maximum absolute atomic E-state index is 13.8. The van der Waals surface area contributed by atoms with Crippen LogP contribution < -0.4 is 16.0 Å². The number of anilines is 2. The van der Waals surface area contributed by atoms with Crippen molar-refractivity contribution < 1.29 is 23.1 Å². The lowest BCUT2D eigenvalue weighted by atomic mass is 10.2. The average Bonchev–Trinajstić information content (AvgIpc) is 2.44. The average molecular weight is 343 g/mol. The van der Waals surface area contributed by atoms with Crippen molar-refractivity contribution in [3.63, 3.8) is 0 Å². The molecule has 24 heavy (non-hydrogen) atoms. The predicted octanol–water partition coefficient (Wildman–Crippen LogP) is 3.25. The Labute approximate surface area is 139 Å². The van der Waals surface area contributed by atoms with Gasteiger partial charge < -0.3 is 20.7 Å². The van der Waals surface area contributed by atoms with Gasteiger partial charge in [0.2, 0.25) is 5.91 Å². The highest BCUT2D eigenvalue weighted by Crippen LogP contribution is 2.27. The van der Waals surface area contributed by atoms with Gasteiger partial charge in [-0.3, -0.25) is 4.79 Å². The van der Waals surface area contributed by atoms with E-state index in [1.54, 1.807) is 27.7 Å². The van der Waals surface area contributed by atoms with Crippen LogP contribution in [0.1, 0.15) is 34.6 Å². The molecule has 8 heteroatoms. The Kier molecular flexibility index (Phi) is 6.51. The number of hydrogen-bond donors (Lipinski definition) is 3. The Morgan fingerprint density at radius 3 is 2.42 bits per heavy atom. The fourth-order valence-corrected chi connectivity index (χ4v) is 1.80. The Hall–Kier alpha value is -2.38. The summed E-state index contributed by atoms with van der Waals surface area (Å²) < 4.78 is 32.2. The largest absolute Gasteiger partial charge is 0.444 e. The maximum atomic E-state index is 13.8. The lowest BCUT2D eigenvalue weighted by molar-refractivity contribution is -0.117. The summed E-state index contributed by atoms with van der Waals surface area (Å²) in [7, 11) is 0. The highest BCUT2D eigenvalue weighted by Gasteiger charge is 2.22. The Balaban J connectivity index is 2.80. The van der Waals surface area contributed by atoms with Crippen LogP contribution in [0.4, 0.5) is 25.0 Å². The molecule has 0 aliphatic carbocycles. The van der Waals surface area contributed by atoms with E-state index in [9.17, 15) is 18.4 Å². The lowest BCUT2D eigenvalue weighted by Gasteiger charge is -2.22. The second-order valence-electron chi connectivity index (χ2n) is 6.17. The van der Waals surface area contributed by atoms with E-state index in [0.717, 1.165) is 6.07 Å². The third-order valence-electron chi connectivity index (χ3n) is 2.83. The Morgan fingerprint density at radius 2 is 1.88 bits per heavy atom. The minimum atomic E-state index is -1.08. The summed E-state index contributed by atoms with van der Waals surface area (Å²) in [6.45, 7) is 8.59. The van der Waals surface area contributed by atoms with Crippen molar-refractivity contribution in [1.29, 1.82) is 0 Å². The van der Waals surface area contributed by atoms with E-state index >= 15 is 0 Å². The zero-order valence-electron chi connectivity index (χ0n) is 14.4. The van der Waals surface area contributed by atoms with E-state index in [0.29, 0.717) is 6.54 Å². The van der Waals surface area contributed by atoms with Crippen molar-refractivity contribution in [3.05, 3.63) is 23.8 Å². The molecule has 0 aliphatic rings. The summed E-state index contributed by atoms with van der Waals surface area (Å²) in [5, 5.41) is 7.49. The number of alkyl carbamates (subject to hydrolysis) is 1. The van der Waals surface area contributed by atoms with Crippen LogP contribution in [0.25, 0.3) is 0 Å². The first-order valence-corrected chi connectivity index (χ1v) is 7.57. The van der Waals surface area contributed by atoms with Gasteiger partial charge in [-0.15, -0.1) is 0 Å². The van der Waals surface area contributed by atoms with E-state index in [-0.39, 0.29) is 11.4 Å². The van der Waals surface area contributed by atoms with Gasteiger partial charge in [-0.1, -0.05) is 0 Å². The Bertz CT molecular complexity index is 615. The molecule has 1 atom stereocenters. The number of benzene rings is 1. The smallest absolute Gasteiger partial charge is 0.408 e. The van der Waals surface area contributed by atoms with Crippen LogP contribution in [-0.4, -0.2) is 30.2 Å². The summed E-state index contributed by atoms with van der Waals surface area (Å²) >= 11 is 0. The molecule has 0 fully saturated rings. The molecule has 0 aromatic heterocycles.